The van der Waals surface area contributed by atoms with Crippen molar-refractivity contribution in [1.29, 1.82) is 0 Å². The average Bonchev–Trinajstić information content (AvgIpc) is 2.86. The zero-order valence-electron chi connectivity index (χ0n) is 10.3. The Bertz CT molecular complexity index is 631. The highest BCUT2D eigenvalue weighted by Gasteiger charge is 2.23. The van der Waals surface area contributed by atoms with Crippen LogP contribution in [0.5, 0.6) is 0 Å². The van der Waals surface area contributed by atoms with Crippen LogP contribution in [-0.2, 0) is 4.74 Å². The van der Waals surface area contributed by atoms with E-state index in [9.17, 15) is 18.0 Å². The Kier molecular flexibility index (Phi) is 3.80. The van der Waals surface area contributed by atoms with Gasteiger partial charge in [0.2, 0.25) is 5.76 Å². The Hall–Kier alpha value is -2.28. The second-order valence-corrected chi connectivity index (χ2v) is 3.95. The van der Waals surface area contributed by atoms with Crippen molar-refractivity contribution in [1.82, 2.24) is 0 Å². The predicted molar refractivity (Wildman–Crippen MR) is 62.4 cm³/mol. The summed E-state index contributed by atoms with van der Waals surface area (Å²) in [6, 6.07) is 2.28. The summed E-state index contributed by atoms with van der Waals surface area (Å²) in [5.41, 5.74) is 5.13. The average molecular weight is 285 g/mol. The molecular formula is C13H10F3NO3. The smallest absolute Gasteiger partial charge is 0.373 e. The molecule has 4 nitrogen and oxygen atoms in total. The highest BCUT2D eigenvalue weighted by molar-refractivity contribution is 5.86. The first-order valence-corrected chi connectivity index (χ1v) is 5.52. The van der Waals surface area contributed by atoms with Gasteiger partial charge in [0.15, 0.2) is 0 Å². The number of methoxy groups -OCH3 is 1. The molecule has 0 bridgehead atoms. The van der Waals surface area contributed by atoms with Crippen LogP contribution in [0.3, 0.4) is 0 Å². The van der Waals surface area contributed by atoms with Crippen LogP contribution in [0.1, 0.15) is 27.9 Å². The Morgan fingerprint density at radius 1 is 1.25 bits per heavy atom. The summed E-state index contributed by atoms with van der Waals surface area (Å²) >= 11 is 0. The number of hydrogen-bond donors (Lipinski definition) is 1. The van der Waals surface area contributed by atoms with Gasteiger partial charge in [0.25, 0.3) is 0 Å². The van der Waals surface area contributed by atoms with Crippen molar-refractivity contribution in [2.45, 2.75) is 6.04 Å². The van der Waals surface area contributed by atoms with E-state index in [1.54, 1.807) is 0 Å². The van der Waals surface area contributed by atoms with E-state index in [0.717, 1.165) is 7.11 Å². The van der Waals surface area contributed by atoms with Crippen LogP contribution in [0.4, 0.5) is 13.2 Å². The summed E-state index contributed by atoms with van der Waals surface area (Å²) < 4.78 is 49.5. The first kappa shape index (κ1) is 14.1. The molecule has 1 atom stereocenters. The first-order valence-electron chi connectivity index (χ1n) is 5.52. The van der Waals surface area contributed by atoms with Crippen molar-refractivity contribution in [2.75, 3.05) is 7.11 Å². The third-order valence-electron chi connectivity index (χ3n) is 2.67. The monoisotopic (exact) mass is 285 g/mol. The van der Waals surface area contributed by atoms with Gasteiger partial charge in [-0.1, -0.05) is 0 Å². The predicted octanol–water partition coefficient (Wildman–Crippen LogP) is 2.53. The van der Waals surface area contributed by atoms with Crippen molar-refractivity contribution in [2.24, 2.45) is 5.73 Å². The topological polar surface area (TPSA) is 65.5 Å². The van der Waals surface area contributed by atoms with Crippen LogP contribution in [0.2, 0.25) is 0 Å². The summed E-state index contributed by atoms with van der Waals surface area (Å²) in [7, 11) is 1.16. The molecule has 0 fully saturated rings. The molecule has 1 heterocycles. The molecule has 0 aliphatic rings. The first-order chi connectivity index (χ1) is 9.43. The Morgan fingerprint density at radius 2 is 1.85 bits per heavy atom. The van der Waals surface area contributed by atoms with Crippen molar-refractivity contribution in [3.63, 3.8) is 0 Å². The fourth-order valence-corrected chi connectivity index (χ4v) is 1.72. The van der Waals surface area contributed by atoms with Crippen LogP contribution < -0.4 is 5.73 Å². The third kappa shape index (κ3) is 2.53. The molecule has 0 saturated heterocycles. The van der Waals surface area contributed by atoms with Gasteiger partial charge in [0.1, 0.15) is 23.2 Å². The van der Waals surface area contributed by atoms with E-state index in [2.05, 4.69) is 4.74 Å². The zero-order valence-corrected chi connectivity index (χ0v) is 10.3. The number of benzene rings is 1. The number of esters is 1. The highest BCUT2D eigenvalue weighted by atomic mass is 19.1. The molecule has 7 heteroatoms. The second-order valence-electron chi connectivity index (χ2n) is 3.95. The van der Waals surface area contributed by atoms with Crippen LogP contribution in [0.25, 0.3) is 0 Å². The molecule has 0 saturated carbocycles. The number of nitrogens with two attached hydrogens (primary N) is 1. The number of carbonyl (C=O) groups is 1. The third-order valence-corrected chi connectivity index (χ3v) is 2.67. The summed E-state index contributed by atoms with van der Waals surface area (Å²) in [4.78, 5) is 11.2. The summed E-state index contributed by atoms with van der Waals surface area (Å²) in [5.74, 6) is -4.26. The summed E-state index contributed by atoms with van der Waals surface area (Å²) in [6.07, 6.45) is 0. The van der Waals surface area contributed by atoms with Crippen molar-refractivity contribution in [3.05, 3.63) is 58.8 Å². The maximum Gasteiger partial charge on any atom is 0.373 e. The quantitative estimate of drug-likeness (QED) is 0.880. The number of rotatable bonds is 3. The summed E-state index contributed by atoms with van der Waals surface area (Å²) in [6.45, 7) is 0. The fraction of sp³-hybridized carbons (Fsp3) is 0.154. The van der Waals surface area contributed by atoms with Crippen LogP contribution in [0, 0.1) is 17.5 Å². The van der Waals surface area contributed by atoms with Gasteiger partial charge < -0.3 is 14.9 Å². The van der Waals surface area contributed by atoms with Crippen molar-refractivity contribution < 1.29 is 27.1 Å². The number of halogens is 3. The van der Waals surface area contributed by atoms with Gasteiger partial charge in [-0.3, -0.25) is 0 Å². The minimum Gasteiger partial charge on any atom is -0.463 e. The van der Waals surface area contributed by atoms with Crippen LogP contribution >= 0.6 is 0 Å². The van der Waals surface area contributed by atoms with Gasteiger partial charge in [0.05, 0.1) is 13.2 Å². The molecule has 0 aliphatic heterocycles. The summed E-state index contributed by atoms with van der Waals surface area (Å²) in [5, 5.41) is 0. The minimum atomic E-state index is -1.31. The lowest BCUT2D eigenvalue weighted by Gasteiger charge is -2.11. The number of furan rings is 1. The van der Waals surface area contributed by atoms with Gasteiger partial charge in [0, 0.05) is 17.7 Å². The Balaban J connectivity index is 2.39. The molecule has 106 valence electrons. The van der Waals surface area contributed by atoms with Gasteiger partial charge in [-0.15, -0.1) is 0 Å². The van der Waals surface area contributed by atoms with Crippen molar-refractivity contribution >= 4 is 5.97 Å². The lowest BCUT2D eigenvalue weighted by molar-refractivity contribution is 0.0562. The zero-order chi connectivity index (χ0) is 14.9. The molecule has 1 aromatic carbocycles. The van der Waals surface area contributed by atoms with Gasteiger partial charge in [-0.05, 0) is 12.1 Å². The minimum absolute atomic E-state index is 0.0465. The molecule has 2 N–H and O–H groups in total. The van der Waals surface area contributed by atoms with Gasteiger partial charge in [-0.25, -0.2) is 18.0 Å². The molecule has 2 aromatic rings. The molecule has 0 spiro atoms. The van der Waals surface area contributed by atoms with Gasteiger partial charge >= 0.3 is 5.97 Å². The fourth-order valence-electron chi connectivity index (χ4n) is 1.72. The standard InChI is InChI=1S/C13H10F3NO3/c1-19-13(18)10-3-2-9(20-10)12(17)11-7(15)4-6(14)5-8(11)16/h2-5,12H,17H2,1H3. The lowest BCUT2D eigenvalue weighted by atomic mass is 10.0. The molecule has 1 aromatic heterocycles. The molecule has 20 heavy (non-hydrogen) atoms. The van der Waals surface area contributed by atoms with Crippen LogP contribution in [0.15, 0.2) is 28.7 Å². The van der Waals surface area contributed by atoms with Gasteiger partial charge in [-0.2, -0.15) is 0 Å². The van der Waals surface area contributed by atoms with E-state index >= 15 is 0 Å². The van der Waals surface area contributed by atoms with E-state index in [-0.39, 0.29) is 11.5 Å². The van der Waals surface area contributed by atoms with E-state index in [1.807, 2.05) is 0 Å². The number of ether oxygens (including phenoxy) is 1. The van der Waals surface area contributed by atoms with E-state index in [0.29, 0.717) is 12.1 Å². The van der Waals surface area contributed by atoms with Crippen molar-refractivity contribution in [3.8, 4) is 0 Å². The van der Waals surface area contributed by atoms with E-state index in [1.165, 1.54) is 12.1 Å². The Morgan fingerprint density at radius 3 is 2.40 bits per heavy atom. The lowest BCUT2D eigenvalue weighted by Crippen LogP contribution is -2.15. The number of hydrogen-bond acceptors (Lipinski definition) is 4. The molecule has 0 radical (unpaired) electrons. The Labute approximate surface area is 111 Å². The molecule has 0 amide bonds. The van der Waals surface area contributed by atoms with Crippen LogP contribution in [-0.4, -0.2) is 13.1 Å². The molecule has 2 rings (SSSR count). The van der Waals surface area contributed by atoms with E-state index < -0.39 is 35.0 Å². The maximum atomic E-state index is 13.6. The normalized spacial score (nSPS) is 12.2. The van der Waals surface area contributed by atoms with E-state index in [4.69, 9.17) is 10.2 Å². The molecule has 1 unspecified atom stereocenters. The molecule has 0 aliphatic carbocycles. The second kappa shape index (κ2) is 5.38. The highest BCUT2D eigenvalue weighted by Crippen LogP contribution is 2.27. The largest absolute Gasteiger partial charge is 0.463 e. The maximum absolute atomic E-state index is 13.6. The molecular weight excluding hydrogens is 275 g/mol. The SMILES string of the molecule is COC(=O)c1ccc(C(N)c2c(F)cc(F)cc2F)o1. The number of carbonyl (C=O) groups excluding carboxylic acids is 1.